The maximum absolute atomic E-state index is 4.91. The summed E-state index contributed by atoms with van der Waals surface area (Å²) in [5.74, 6) is 1.56. The molecule has 2 aliphatic carbocycles. The Bertz CT molecular complexity index is 732. The van der Waals surface area contributed by atoms with Gasteiger partial charge in [0.15, 0.2) is 0 Å². The van der Waals surface area contributed by atoms with Gasteiger partial charge in [-0.25, -0.2) is 4.99 Å². The smallest absolute Gasteiger partial charge is 0.121 e. The Hall–Kier alpha value is -1.88. The number of aliphatic imine (C=N–C) groups is 1. The van der Waals surface area contributed by atoms with Crippen molar-refractivity contribution < 1.29 is 0 Å². The molecule has 2 bridgehead atoms. The average molecular weight is 368 g/mol. The minimum absolute atomic E-state index is 0.443. The quantitative estimate of drug-likeness (QED) is 0.688. The summed E-state index contributed by atoms with van der Waals surface area (Å²) in [4.78, 5) is 7.33. The molecule has 3 heterocycles. The summed E-state index contributed by atoms with van der Waals surface area (Å²) < 4.78 is 0. The number of nitrogens with one attached hydrogen (secondary N) is 2. The molecule has 0 unspecified atom stereocenters. The van der Waals surface area contributed by atoms with Gasteiger partial charge in [0.1, 0.15) is 5.82 Å². The normalized spacial score (nSPS) is 28.3. The molecule has 1 aromatic rings. The van der Waals surface area contributed by atoms with Crippen LogP contribution in [0.1, 0.15) is 62.8 Å². The molecule has 0 amide bonds. The number of allylic oxidation sites excluding steroid dienone is 2. The summed E-state index contributed by atoms with van der Waals surface area (Å²) >= 11 is 0. The topological polar surface area (TPSA) is 56.3 Å². The zero-order chi connectivity index (χ0) is 18.9. The lowest BCUT2D eigenvalue weighted by Crippen LogP contribution is -2.41. The van der Waals surface area contributed by atoms with Crippen molar-refractivity contribution in [3.63, 3.8) is 0 Å². The van der Waals surface area contributed by atoms with Crippen molar-refractivity contribution in [3.8, 4) is 0 Å². The number of hydrogen-bond donors (Lipinski definition) is 2. The van der Waals surface area contributed by atoms with Gasteiger partial charge in [-0.1, -0.05) is 25.5 Å². The number of rotatable bonds is 8. The third-order valence-corrected chi connectivity index (χ3v) is 6.59. The number of nitrogens with zero attached hydrogens (tertiary/aromatic N) is 3. The monoisotopic (exact) mass is 367 g/mol. The molecule has 2 saturated carbocycles. The second-order valence-electron chi connectivity index (χ2n) is 8.72. The molecule has 146 valence electrons. The highest BCUT2D eigenvalue weighted by molar-refractivity contribution is 5.96. The first-order valence-electron chi connectivity index (χ1n) is 10.5. The predicted octanol–water partition coefficient (Wildman–Crippen LogP) is 3.78. The third-order valence-electron chi connectivity index (χ3n) is 6.59. The van der Waals surface area contributed by atoms with E-state index in [0.717, 1.165) is 36.7 Å². The molecule has 4 aliphatic rings. The van der Waals surface area contributed by atoms with Crippen molar-refractivity contribution in [2.24, 2.45) is 10.4 Å². The SMILES string of the molecule is C=C(/N=C(\C=C/C)Cc1cc(C2CCCC2)n[nH]1)N1CC2(CNC)CC1C2. The second kappa shape index (κ2) is 7.63. The molecule has 2 aliphatic heterocycles. The maximum Gasteiger partial charge on any atom is 0.121 e. The van der Waals surface area contributed by atoms with E-state index in [0.29, 0.717) is 17.4 Å². The van der Waals surface area contributed by atoms with Gasteiger partial charge >= 0.3 is 0 Å². The number of hydrogen-bond acceptors (Lipinski definition) is 4. The van der Waals surface area contributed by atoms with E-state index in [2.05, 4.69) is 45.2 Å². The number of fused-ring (bicyclic) bond motifs is 1. The third kappa shape index (κ3) is 3.75. The van der Waals surface area contributed by atoms with Crippen molar-refractivity contribution in [2.45, 2.75) is 63.8 Å². The van der Waals surface area contributed by atoms with Crippen LogP contribution in [-0.2, 0) is 6.42 Å². The van der Waals surface area contributed by atoms with E-state index in [-0.39, 0.29) is 0 Å². The fraction of sp³-hybridized carbons (Fsp3) is 0.636. The lowest BCUT2D eigenvalue weighted by Gasteiger charge is -2.36. The first kappa shape index (κ1) is 18.5. The molecular weight excluding hydrogens is 334 g/mol. The van der Waals surface area contributed by atoms with Crippen LogP contribution in [-0.4, -0.2) is 47.0 Å². The summed E-state index contributed by atoms with van der Waals surface area (Å²) in [5.41, 5.74) is 3.88. The van der Waals surface area contributed by atoms with Crippen molar-refractivity contribution in [2.75, 3.05) is 20.1 Å². The van der Waals surface area contributed by atoms with Gasteiger partial charge in [-0.3, -0.25) is 5.10 Å². The fourth-order valence-corrected chi connectivity index (χ4v) is 5.31. The number of aromatic nitrogens is 2. The van der Waals surface area contributed by atoms with Gasteiger partial charge < -0.3 is 10.2 Å². The predicted molar refractivity (Wildman–Crippen MR) is 111 cm³/mol. The van der Waals surface area contributed by atoms with Gasteiger partial charge in [-0.2, -0.15) is 5.10 Å². The zero-order valence-corrected chi connectivity index (χ0v) is 16.8. The Morgan fingerprint density at radius 1 is 1.44 bits per heavy atom. The van der Waals surface area contributed by atoms with Crippen molar-refractivity contribution in [3.05, 3.63) is 42.0 Å². The molecule has 1 aromatic heterocycles. The first-order valence-corrected chi connectivity index (χ1v) is 10.5. The van der Waals surface area contributed by atoms with Gasteiger partial charge in [-0.15, -0.1) is 0 Å². The van der Waals surface area contributed by atoms with Crippen LogP contribution >= 0.6 is 0 Å². The Morgan fingerprint density at radius 2 is 2.22 bits per heavy atom. The van der Waals surface area contributed by atoms with E-state index in [1.54, 1.807) is 0 Å². The summed E-state index contributed by atoms with van der Waals surface area (Å²) in [5, 5.41) is 11.2. The fourth-order valence-electron chi connectivity index (χ4n) is 5.31. The van der Waals surface area contributed by atoms with Crippen LogP contribution < -0.4 is 5.32 Å². The van der Waals surface area contributed by atoms with E-state index in [1.807, 2.05) is 14.0 Å². The molecule has 0 radical (unpaired) electrons. The van der Waals surface area contributed by atoms with Gasteiger partial charge in [0.05, 0.1) is 5.69 Å². The molecule has 0 atom stereocenters. The van der Waals surface area contributed by atoms with Crippen LogP contribution in [0.25, 0.3) is 0 Å². The average Bonchev–Trinajstić information content (AvgIpc) is 3.37. The van der Waals surface area contributed by atoms with Crippen LogP contribution in [0.3, 0.4) is 0 Å². The van der Waals surface area contributed by atoms with E-state index < -0.39 is 0 Å². The standard InChI is InChI=1S/C22H33N5/c1-4-7-18(10-19-11-21(26-25-19)17-8-5-6-9-17)24-16(2)27-15-22(14-23-3)12-20(27)13-22/h4,7,11,17,20,23H,2,5-6,8-10,12-15H2,1,3H3,(H,25,26)/b7-4-,24-18+. The van der Waals surface area contributed by atoms with Gasteiger partial charge in [-0.05, 0) is 51.8 Å². The highest BCUT2D eigenvalue weighted by atomic mass is 15.3. The summed E-state index contributed by atoms with van der Waals surface area (Å²) in [6.07, 6.45) is 12.7. The Balaban J connectivity index is 1.42. The van der Waals surface area contributed by atoms with E-state index in [9.17, 15) is 0 Å². The van der Waals surface area contributed by atoms with Crippen LogP contribution in [0.15, 0.2) is 35.6 Å². The highest BCUT2D eigenvalue weighted by Crippen LogP contribution is 2.52. The lowest BCUT2D eigenvalue weighted by atomic mass is 9.70. The number of aromatic amines is 1. The van der Waals surface area contributed by atoms with Crippen molar-refractivity contribution in [1.82, 2.24) is 20.4 Å². The van der Waals surface area contributed by atoms with Crippen LogP contribution in [0.4, 0.5) is 0 Å². The molecule has 27 heavy (non-hydrogen) atoms. The van der Waals surface area contributed by atoms with E-state index in [1.165, 1.54) is 44.2 Å². The van der Waals surface area contributed by atoms with Crippen LogP contribution in [0, 0.1) is 5.41 Å². The molecular formula is C22H33N5. The van der Waals surface area contributed by atoms with Gasteiger partial charge in [0, 0.05) is 48.3 Å². The zero-order valence-electron chi connectivity index (χ0n) is 16.8. The number of H-pyrrole nitrogens is 1. The minimum atomic E-state index is 0.443. The Kier molecular flexibility index (Phi) is 5.22. The van der Waals surface area contributed by atoms with Crippen LogP contribution in [0.5, 0.6) is 0 Å². The van der Waals surface area contributed by atoms with Crippen molar-refractivity contribution in [1.29, 1.82) is 0 Å². The largest absolute Gasteiger partial charge is 0.353 e. The van der Waals surface area contributed by atoms with Gasteiger partial charge in [0.2, 0.25) is 0 Å². The summed E-state index contributed by atoms with van der Waals surface area (Å²) in [6.45, 7) is 8.52. The molecule has 5 rings (SSSR count). The molecule has 0 spiro atoms. The highest BCUT2D eigenvalue weighted by Gasteiger charge is 2.54. The lowest BCUT2D eigenvalue weighted by molar-refractivity contribution is 0.183. The van der Waals surface area contributed by atoms with Crippen LogP contribution in [0.2, 0.25) is 0 Å². The second-order valence-corrected chi connectivity index (χ2v) is 8.72. The van der Waals surface area contributed by atoms with Crippen molar-refractivity contribution >= 4 is 5.71 Å². The summed E-state index contributed by atoms with van der Waals surface area (Å²) in [6, 6.07) is 2.87. The Morgan fingerprint density at radius 3 is 2.93 bits per heavy atom. The van der Waals surface area contributed by atoms with E-state index in [4.69, 9.17) is 4.99 Å². The first-order chi connectivity index (χ1) is 13.1. The molecule has 2 N–H and O–H groups in total. The van der Waals surface area contributed by atoms with E-state index >= 15 is 0 Å². The van der Waals surface area contributed by atoms with Gasteiger partial charge in [0.25, 0.3) is 0 Å². The molecule has 4 fully saturated rings. The molecule has 2 saturated heterocycles. The Labute approximate surface area is 163 Å². The maximum atomic E-state index is 4.91. The molecule has 5 nitrogen and oxygen atoms in total. The molecule has 5 heteroatoms. The summed E-state index contributed by atoms with van der Waals surface area (Å²) in [7, 11) is 2.05. The minimum Gasteiger partial charge on any atom is -0.353 e. The molecule has 0 aromatic carbocycles.